The Morgan fingerprint density at radius 1 is 1.27 bits per heavy atom. The fourth-order valence-electron chi connectivity index (χ4n) is 2.52. The van der Waals surface area contributed by atoms with Crippen LogP contribution in [-0.4, -0.2) is 35.7 Å². The number of aliphatic hydroxyl groups excluding tert-OH is 1. The number of aromatic hydroxyl groups is 1. The van der Waals surface area contributed by atoms with Crippen LogP contribution in [-0.2, 0) is 16.6 Å². The molecule has 3 rings (SSSR count). The van der Waals surface area contributed by atoms with Crippen LogP contribution in [0.2, 0.25) is 0 Å². The van der Waals surface area contributed by atoms with E-state index in [1.54, 1.807) is 30.5 Å². The Morgan fingerprint density at radius 2 is 2.03 bits per heavy atom. The molecule has 0 aliphatic carbocycles. The molecule has 4 N–H and O–H groups in total. The summed E-state index contributed by atoms with van der Waals surface area (Å²) < 4.78 is 27.4. The smallest absolute Gasteiger partial charge is 0.273 e. The van der Waals surface area contributed by atoms with Crippen LogP contribution in [0.4, 0.5) is 5.69 Å². The maximum absolute atomic E-state index is 12.6. The number of aromatic nitrogens is 1. The van der Waals surface area contributed by atoms with Crippen LogP contribution in [0.1, 0.15) is 27.2 Å². The molecule has 30 heavy (non-hydrogen) atoms. The second-order valence-electron chi connectivity index (χ2n) is 6.07. The monoisotopic (exact) mass is 446 g/mol. The number of nitrogens with zero attached hydrogens (tertiary/aromatic N) is 2. The largest absolute Gasteiger partial charge is 0.505 e. The van der Waals surface area contributed by atoms with Gasteiger partial charge in [-0.15, -0.1) is 11.3 Å². The lowest BCUT2D eigenvalue weighted by molar-refractivity contribution is 0.0956. The third-order valence-electron chi connectivity index (χ3n) is 4.06. The van der Waals surface area contributed by atoms with Crippen LogP contribution in [0.5, 0.6) is 5.75 Å². The molecule has 2 heterocycles. The van der Waals surface area contributed by atoms with Crippen molar-refractivity contribution in [2.75, 3.05) is 4.72 Å². The number of thiophene rings is 1. The molecule has 2 aromatic heterocycles. The topological polar surface area (TPSA) is 141 Å². The summed E-state index contributed by atoms with van der Waals surface area (Å²) in [7, 11) is -3.83. The van der Waals surface area contributed by atoms with Gasteiger partial charge in [-0.1, -0.05) is 18.2 Å². The highest BCUT2D eigenvalue weighted by atomic mass is 32.2. The minimum Gasteiger partial charge on any atom is -0.505 e. The normalized spacial score (nSPS) is 11.5. The van der Waals surface area contributed by atoms with Crippen molar-refractivity contribution in [2.24, 2.45) is 5.10 Å². The standard InChI is InChI=1S/C19H18N4O5S2/c1-12-18(25)15(13(11-24)9-20-12)10-21-22-19(26)14-5-2-3-6-16(14)23-30(27,28)17-7-4-8-29-17/h2-10,23-25H,11H2,1H3,(H,22,26)/b21-10+. The maximum atomic E-state index is 12.6. The number of sulfonamides is 1. The van der Waals surface area contributed by atoms with Gasteiger partial charge in [0, 0.05) is 17.3 Å². The van der Waals surface area contributed by atoms with Crippen molar-refractivity contribution in [2.45, 2.75) is 17.7 Å². The van der Waals surface area contributed by atoms with Gasteiger partial charge in [-0.05, 0) is 30.5 Å². The molecular weight excluding hydrogens is 428 g/mol. The molecule has 0 fully saturated rings. The highest BCUT2D eigenvalue weighted by molar-refractivity contribution is 7.94. The quantitative estimate of drug-likeness (QED) is 0.324. The number of nitrogens with one attached hydrogen (secondary N) is 2. The zero-order valence-electron chi connectivity index (χ0n) is 15.7. The van der Waals surface area contributed by atoms with Crippen molar-refractivity contribution in [3.05, 3.63) is 70.4 Å². The number of aliphatic hydroxyl groups is 1. The van der Waals surface area contributed by atoms with Crippen molar-refractivity contribution in [1.29, 1.82) is 0 Å². The number of anilines is 1. The number of pyridine rings is 1. The van der Waals surface area contributed by atoms with Crippen molar-refractivity contribution < 1.29 is 23.4 Å². The first-order valence-corrected chi connectivity index (χ1v) is 11.0. The Kier molecular flexibility index (Phi) is 6.45. The lowest BCUT2D eigenvalue weighted by Crippen LogP contribution is -2.21. The van der Waals surface area contributed by atoms with Gasteiger partial charge >= 0.3 is 0 Å². The molecule has 0 saturated carbocycles. The Labute approximate surface area is 176 Å². The Balaban J connectivity index is 1.81. The molecule has 3 aromatic rings. The number of hydrogen-bond acceptors (Lipinski definition) is 8. The molecule has 0 saturated heterocycles. The van der Waals surface area contributed by atoms with E-state index in [2.05, 4.69) is 20.2 Å². The zero-order chi connectivity index (χ0) is 21.7. The van der Waals surface area contributed by atoms with Gasteiger partial charge in [0.05, 0.1) is 29.8 Å². The summed E-state index contributed by atoms with van der Waals surface area (Å²) in [5.41, 5.74) is 3.34. The molecule has 1 aromatic carbocycles. The van der Waals surface area contributed by atoms with E-state index in [9.17, 15) is 23.4 Å². The second-order valence-corrected chi connectivity index (χ2v) is 8.93. The van der Waals surface area contributed by atoms with E-state index in [1.165, 1.54) is 30.6 Å². The molecule has 11 heteroatoms. The Morgan fingerprint density at radius 3 is 2.73 bits per heavy atom. The summed E-state index contributed by atoms with van der Waals surface area (Å²) in [5, 5.41) is 24.9. The van der Waals surface area contributed by atoms with Gasteiger partial charge in [0.1, 0.15) is 9.96 Å². The molecule has 0 aliphatic heterocycles. The molecule has 9 nitrogen and oxygen atoms in total. The number of rotatable bonds is 7. The first-order chi connectivity index (χ1) is 14.3. The Hall–Kier alpha value is -3.28. The van der Waals surface area contributed by atoms with Gasteiger partial charge in [0.25, 0.3) is 15.9 Å². The van der Waals surface area contributed by atoms with Crippen molar-refractivity contribution >= 4 is 39.2 Å². The number of amides is 1. The average Bonchev–Trinajstić information content (AvgIpc) is 3.27. The molecule has 0 bridgehead atoms. The van der Waals surface area contributed by atoms with Gasteiger partial charge in [-0.3, -0.25) is 14.5 Å². The zero-order valence-corrected chi connectivity index (χ0v) is 17.4. The summed E-state index contributed by atoms with van der Waals surface area (Å²) in [4.78, 5) is 16.5. The third-order valence-corrected chi connectivity index (χ3v) is 6.83. The van der Waals surface area contributed by atoms with Crippen LogP contribution in [0.3, 0.4) is 0 Å². The van der Waals surface area contributed by atoms with Gasteiger partial charge in [-0.25, -0.2) is 13.8 Å². The van der Waals surface area contributed by atoms with Crippen LogP contribution in [0.25, 0.3) is 0 Å². The van der Waals surface area contributed by atoms with E-state index in [0.717, 1.165) is 11.3 Å². The lowest BCUT2D eigenvalue weighted by Gasteiger charge is -2.11. The molecule has 0 unspecified atom stereocenters. The number of carbonyl (C=O) groups excluding carboxylic acids is 1. The molecule has 0 spiro atoms. The van der Waals surface area contributed by atoms with Crippen LogP contribution >= 0.6 is 11.3 Å². The van der Waals surface area contributed by atoms with E-state index < -0.39 is 15.9 Å². The summed E-state index contributed by atoms with van der Waals surface area (Å²) in [5.74, 6) is -0.824. The first-order valence-electron chi connectivity index (χ1n) is 8.60. The predicted molar refractivity (Wildman–Crippen MR) is 113 cm³/mol. The van der Waals surface area contributed by atoms with Gasteiger partial charge in [0.15, 0.2) is 0 Å². The number of aryl methyl sites for hydroxylation is 1. The van der Waals surface area contributed by atoms with Gasteiger partial charge in [0.2, 0.25) is 0 Å². The van der Waals surface area contributed by atoms with E-state index in [1.807, 2.05) is 0 Å². The van der Waals surface area contributed by atoms with Crippen molar-refractivity contribution in [3.8, 4) is 5.75 Å². The highest BCUT2D eigenvalue weighted by Crippen LogP contribution is 2.23. The maximum Gasteiger partial charge on any atom is 0.273 e. The molecular formula is C19H18N4O5S2. The van der Waals surface area contributed by atoms with Crippen molar-refractivity contribution in [3.63, 3.8) is 0 Å². The van der Waals surface area contributed by atoms with Gasteiger partial charge < -0.3 is 10.2 Å². The second kappa shape index (κ2) is 9.03. The third kappa shape index (κ3) is 4.64. The number of carbonyl (C=O) groups is 1. The first kappa shape index (κ1) is 21.4. The average molecular weight is 447 g/mol. The van der Waals surface area contributed by atoms with Crippen LogP contribution in [0.15, 0.2) is 57.3 Å². The predicted octanol–water partition coefficient (Wildman–Crippen LogP) is 2.21. The fraction of sp³-hybridized carbons (Fsp3) is 0.105. The van der Waals surface area contributed by atoms with Crippen LogP contribution in [0, 0.1) is 6.92 Å². The van der Waals surface area contributed by atoms with Crippen LogP contribution < -0.4 is 10.1 Å². The SMILES string of the molecule is Cc1ncc(CO)c(/C=N/NC(=O)c2ccccc2NS(=O)(=O)c2cccs2)c1O. The number of para-hydroxylation sites is 1. The molecule has 0 atom stereocenters. The Bertz CT molecular complexity index is 1190. The lowest BCUT2D eigenvalue weighted by atomic mass is 10.1. The summed E-state index contributed by atoms with van der Waals surface area (Å²) in [6, 6.07) is 9.17. The van der Waals surface area contributed by atoms with Crippen molar-refractivity contribution in [1.82, 2.24) is 10.4 Å². The number of hydrazone groups is 1. The van der Waals surface area contributed by atoms with Gasteiger partial charge in [-0.2, -0.15) is 5.10 Å². The van der Waals surface area contributed by atoms with E-state index in [-0.39, 0.29) is 33.4 Å². The fourth-order valence-corrected chi connectivity index (χ4v) is 4.59. The number of benzene rings is 1. The van der Waals surface area contributed by atoms with E-state index >= 15 is 0 Å². The van der Waals surface area contributed by atoms with E-state index in [4.69, 9.17) is 0 Å². The molecule has 0 radical (unpaired) electrons. The minimum atomic E-state index is -3.83. The summed E-state index contributed by atoms with van der Waals surface area (Å²) >= 11 is 1.06. The molecule has 0 aliphatic rings. The highest BCUT2D eigenvalue weighted by Gasteiger charge is 2.19. The summed E-state index contributed by atoms with van der Waals surface area (Å²) in [6.07, 6.45) is 2.58. The molecule has 1 amide bonds. The van der Waals surface area contributed by atoms with E-state index in [0.29, 0.717) is 11.3 Å². The molecule has 156 valence electrons. The minimum absolute atomic E-state index is 0.0623. The summed E-state index contributed by atoms with van der Waals surface area (Å²) in [6.45, 7) is 1.21. The number of hydrogen-bond donors (Lipinski definition) is 4.